The summed E-state index contributed by atoms with van der Waals surface area (Å²) in [6, 6.07) is 8.28. The van der Waals surface area contributed by atoms with Crippen LogP contribution >= 0.6 is 27.3 Å². The third kappa shape index (κ3) is 5.10. The highest BCUT2D eigenvalue weighted by atomic mass is 79.9. The minimum atomic E-state index is -0.0312. The fourth-order valence-corrected chi connectivity index (χ4v) is 3.75. The summed E-state index contributed by atoms with van der Waals surface area (Å²) >= 11 is 4.99. The Morgan fingerprint density at radius 3 is 3.22 bits per heavy atom. The van der Waals surface area contributed by atoms with E-state index in [9.17, 15) is 4.79 Å². The van der Waals surface area contributed by atoms with Crippen LogP contribution in [-0.4, -0.2) is 36.7 Å². The number of carbonyl (C=O) groups is 1. The van der Waals surface area contributed by atoms with E-state index < -0.39 is 0 Å². The van der Waals surface area contributed by atoms with Crippen molar-refractivity contribution in [1.82, 2.24) is 10.3 Å². The van der Waals surface area contributed by atoms with Crippen LogP contribution in [0.1, 0.15) is 16.9 Å². The van der Waals surface area contributed by atoms with Crippen molar-refractivity contribution in [2.24, 2.45) is 0 Å². The van der Waals surface area contributed by atoms with Gasteiger partial charge in [0.1, 0.15) is 0 Å². The number of hydrogen-bond acceptors (Lipinski definition) is 5. The van der Waals surface area contributed by atoms with Gasteiger partial charge in [-0.05, 0) is 17.7 Å². The Morgan fingerprint density at radius 1 is 1.52 bits per heavy atom. The Hall–Kier alpha value is -1.28. The molecule has 1 aliphatic heterocycles. The molecule has 1 unspecified atom stereocenters. The molecule has 1 aromatic heterocycles. The zero-order chi connectivity index (χ0) is 16.1. The molecule has 0 saturated carbocycles. The number of benzene rings is 1. The molecule has 1 saturated heterocycles. The molecule has 1 aliphatic rings. The van der Waals surface area contributed by atoms with Crippen molar-refractivity contribution >= 4 is 38.3 Å². The SMILES string of the molecule is O=C(CC1COCCN1)Nc1ncc(Cc2cccc(Br)c2)s1. The summed E-state index contributed by atoms with van der Waals surface area (Å²) in [5.41, 5.74) is 1.21. The number of anilines is 1. The lowest BCUT2D eigenvalue weighted by atomic mass is 10.1. The first-order valence-corrected chi connectivity index (χ1v) is 9.10. The third-order valence-corrected chi connectivity index (χ3v) is 4.90. The monoisotopic (exact) mass is 395 g/mol. The summed E-state index contributed by atoms with van der Waals surface area (Å²) in [7, 11) is 0. The molecule has 0 aliphatic carbocycles. The molecular weight excluding hydrogens is 378 g/mol. The van der Waals surface area contributed by atoms with Crippen LogP contribution in [0.2, 0.25) is 0 Å². The van der Waals surface area contributed by atoms with Gasteiger partial charge in [0.2, 0.25) is 5.91 Å². The van der Waals surface area contributed by atoms with E-state index in [1.165, 1.54) is 16.9 Å². The van der Waals surface area contributed by atoms with E-state index in [2.05, 4.69) is 43.7 Å². The van der Waals surface area contributed by atoms with Crippen LogP contribution in [-0.2, 0) is 16.0 Å². The molecule has 0 bridgehead atoms. The van der Waals surface area contributed by atoms with Crippen molar-refractivity contribution < 1.29 is 9.53 Å². The van der Waals surface area contributed by atoms with Gasteiger partial charge >= 0.3 is 0 Å². The second-order valence-electron chi connectivity index (χ2n) is 5.42. The minimum Gasteiger partial charge on any atom is -0.378 e. The number of carbonyl (C=O) groups excluding carboxylic acids is 1. The molecule has 23 heavy (non-hydrogen) atoms. The van der Waals surface area contributed by atoms with Gasteiger partial charge in [0, 0.05) is 41.0 Å². The highest BCUT2D eigenvalue weighted by Crippen LogP contribution is 2.22. The standard InChI is InChI=1S/C16H18BrN3O2S/c17-12-3-1-2-11(6-12)7-14-9-19-16(23-14)20-15(21)8-13-10-22-5-4-18-13/h1-3,6,9,13,18H,4-5,7-8,10H2,(H,19,20,21). The Kier molecular flexibility index (Phi) is 5.77. The van der Waals surface area contributed by atoms with E-state index in [1.54, 1.807) is 0 Å². The molecule has 2 aromatic rings. The van der Waals surface area contributed by atoms with Crippen LogP contribution in [0.5, 0.6) is 0 Å². The summed E-state index contributed by atoms with van der Waals surface area (Å²) < 4.78 is 6.42. The van der Waals surface area contributed by atoms with Gasteiger partial charge in [0.15, 0.2) is 5.13 Å². The largest absolute Gasteiger partial charge is 0.378 e. The summed E-state index contributed by atoms with van der Waals surface area (Å²) in [6.45, 7) is 2.09. The van der Waals surface area contributed by atoms with Crippen LogP contribution in [0.4, 0.5) is 5.13 Å². The molecule has 2 N–H and O–H groups in total. The minimum absolute atomic E-state index is 0.0312. The average Bonchev–Trinajstić information content (AvgIpc) is 2.95. The Bertz CT molecular complexity index is 671. The molecule has 5 nitrogen and oxygen atoms in total. The lowest BCUT2D eigenvalue weighted by Gasteiger charge is -2.22. The predicted octanol–water partition coefficient (Wildman–Crippen LogP) is 2.81. The van der Waals surface area contributed by atoms with E-state index in [4.69, 9.17) is 4.74 Å². The Morgan fingerprint density at radius 2 is 2.43 bits per heavy atom. The van der Waals surface area contributed by atoms with Gasteiger partial charge in [-0.15, -0.1) is 11.3 Å². The maximum absolute atomic E-state index is 12.0. The zero-order valence-electron chi connectivity index (χ0n) is 12.5. The van der Waals surface area contributed by atoms with Crippen LogP contribution in [0.3, 0.4) is 0 Å². The highest BCUT2D eigenvalue weighted by Gasteiger charge is 2.17. The molecule has 7 heteroatoms. The molecule has 0 radical (unpaired) electrons. The lowest BCUT2D eigenvalue weighted by molar-refractivity contribution is -0.117. The fraction of sp³-hybridized carbons (Fsp3) is 0.375. The first-order valence-electron chi connectivity index (χ1n) is 7.49. The van der Waals surface area contributed by atoms with Crippen LogP contribution in [0, 0.1) is 0 Å². The number of amides is 1. The van der Waals surface area contributed by atoms with Crippen LogP contribution in [0.25, 0.3) is 0 Å². The number of nitrogens with zero attached hydrogens (tertiary/aromatic N) is 1. The zero-order valence-corrected chi connectivity index (χ0v) is 15.0. The van der Waals surface area contributed by atoms with Gasteiger partial charge in [0.05, 0.1) is 13.2 Å². The Balaban J connectivity index is 1.53. The van der Waals surface area contributed by atoms with Gasteiger partial charge in [-0.25, -0.2) is 4.98 Å². The maximum Gasteiger partial charge on any atom is 0.227 e. The summed E-state index contributed by atoms with van der Waals surface area (Å²) in [4.78, 5) is 17.5. The number of nitrogens with one attached hydrogen (secondary N) is 2. The first-order chi connectivity index (χ1) is 11.2. The number of rotatable bonds is 5. The van der Waals surface area contributed by atoms with Gasteiger partial charge in [0.25, 0.3) is 0 Å². The van der Waals surface area contributed by atoms with Crippen molar-refractivity contribution in [3.63, 3.8) is 0 Å². The number of ether oxygens (including phenoxy) is 1. The maximum atomic E-state index is 12.0. The van der Waals surface area contributed by atoms with Crippen molar-refractivity contribution in [3.8, 4) is 0 Å². The number of thiazole rings is 1. The van der Waals surface area contributed by atoms with Gasteiger partial charge in [-0.2, -0.15) is 0 Å². The van der Waals surface area contributed by atoms with Crippen molar-refractivity contribution in [2.75, 3.05) is 25.1 Å². The van der Waals surface area contributed by atoms with E-state index in [0.717, 1.165) is 22.3 Å². The topological polar surface area (TPSA) is 63.2 Å². The number of morpholine rings is 1. The Labute approximate surface area is 147 Å². The molecule has 122 valence electrons. The molecule has 1 atom stereocenters. The third-order valence-electron chi connectivity index (χ3n) is 3.50. The fourth-order valence-electron chi connectivity index (χ4n) is 2.44. The van der Waals surface area contributed by atoms with E-state index in [0.29, 0.717) is 24.8 Å². The number of halogens is 1. The molecule has 1 amide bonds. The average molecular weight is 396 g/mol. The smallest absolute Gasteiger partial charge is 0.227 e. The van der Waals surface area contributed by atoms with Crippen molar-refractivity contribution in [3.05, 3.63) is 45.4 Å². The first kappa shape index (κ1) is 16.6. The van der Waals surface area contributed by atoms with Crippen molar-refractivity contribution in [2.45, 2.75) is 18.9 Å². The summed E-state index contributed by atoms with van der Waals surface area (Å²) in [5, 5.41) is 6.79. The second-order valence-corrected chi connectivity index (χ2v) is 7.45. The summed E-state index contributed by atoms with van der Waals surface area (Å²) in [5.74, 6) is -0.0312. The molecule has 1 fully saturated rings. The van der Waals surface area contributed by atoms with Gasteiger partial charge < -0.3 is 15.4 Å². The van der Waals surface area contributed by atoms with E-state index >= 15 is 0 Å². The quantitative estimate of drug-likeness (QED) is 0.816. The molecular formula is C16H18BrN3O2S. The number of aromatic nitrogens is 1. The molecule has 1 aromatic carbocycles. The predicted molar refractivity (Wildman–Crippen MR) is 94.9 cm³/mol. The molecule has 2 heterocycles. The van der Waals surface area contributed by atoms with E-state index in [1.807, 2.05) is 18.3 Å². The van der Waals surface area contributed by atoms with E-state index in [-0.39, 0.29) is 11.9 Å². The normalized spacial score (nSPS) is 17.9. The van der Waals surface area contributed by atoms with Gasteiger partial charge in [-0.1, -0.05) is 28.1 Å². The second kappa shape index (κ2) is 8.01. The van der Waals surface area contributed by atoms with Crippen LogP contribution < -0.4 is 10.6 Å². The summed E-state index contributed by atoms with van der Waals surface area (Å²) in [6.07, 6.45) is 3.04. The van der Waals surface area contributed by atoms with Gasteiger partial charge in [-0.3, -0.25) is 4.79 Å². The highest BCUT2D eigenvalue weighted by molar-refractivity contribution is 9.10. The number of hydrogen-bond donors (Lipinski definition) is 2. The van der Waals surface area contributed by atoms with Crippen molar-refractivity contribution in [1.29, 1.82) is 0 Å². The molecule has 3 rings (SSSR count). The lowest BCUT2D eigenvalue weighted by Crippen LogP contribution is -2.43. The molecule has 0 spiro atoms. The van der Waals surface area contributed by atoms with Crippen LogP contribution in [0.15, 0.2) is 34.9 Å².